The van der Waals surface area contributed by atoms with Crippen LogP contribution in [0.25, 0.3) is 0 Å². The fourth-order valence-electron chi connectivity index (χ4n) is 2.23. The van der Waals surface area contributed by atoms with Crippen molar-refractivity contribution >= 4 is 23.3 Å². The van der Waals surface area contributed by atoms with Gasteiger partial charge in [0.1, 0.15) is 6.07 Å². The van der Waals surface area contributed by atoms with Gasteiger partial charge in [0.25, 0.3) is 5.69 Å². The maximum absolute atomic E-state index is 12.0. The highest BCUT2D eigenvalue weighted by Crippen LogP contribution is 2.30. The van der Waals surface area contributed by atoms with E-state index in [9.17, 15) is 19.7 Å². The standard InChI is InChI=1S/C13H11N3O5/c1-21-13(18)9-5-12(17)15(7-9)11-3-2-10(16(19)20)4-8(11)6-14/h2-4,9H,5,7H2,1H3. The number of nitriles is 1. The molecular weight excluding hydrogens is 278 g/mol. The van der Waals surface area contributed by atoms with Gasteiger partial charge < -0.3 is 9.64 Å². The number of carbonyl (C=O) groups excluding carboxylic acids is 2. The second-order valence-corrected chi connectivity index (χ2v) is 4.50. The Balaban J connectivity index is 2.35. The second-order valence-electron chi connectivity index (χ2n) is 4.50. The van der Waals surface area contributed by atoms with E-state index in [1.807, 2.05) is 6.07 Å². The normalized spacial score (nSPS) is 17.4. The van der Waals surface area contributed by atoms with Crippen molar-refractivity contribution in [2.24, 2.45) is 5.92 Å². The summed E-state index contributed by atoms with van der Waals surface area (Å²) in [6, 6.07) is 5.50. The minimum atomic E-state index is -0.617. The third-order valence-electron chi connectivity index (χ3n) is 3.26. The highest BCUT2D eigenvalue weighted by molar-refractivity contribution is 6.00. The van der Waals surface area contributed by atoms with Gasteiger partial charge in [-0.3, -0.25) is 19.7 Å². The molecule has 1 aromatic carbocycles. The summed E-state index contributed by atoms with van der Waals surface area (Å²) in [5.74, 6) is -1.41. The minimum absolute atomic E-state index is 0.00543. The summed E-state index contributed by atoms with van der Waals surface area (Å²) in [6.45, 7) is 0.0952. The first-order valence-electron chi connectivity index (χ1n) is 6.04. The molecule has 0 aromatic heterocycles. The Kier molecular flexibility index (Phi) is 3.84. The Morgan fingerprint density at radius 3 is 2.86 bits per heavy atom. The lowest BCUT2D eigenvalue weighted by Gasteiger charge is -2.17. The van der Waals surface area contributed by atoms with E-state index < -0.39 is 16.8 Å². The molecule has 2 rings (SSSR count). The number of benzene rings is 1. The first kappa shape index (κ1) is 14.5. The quantitative estimate of drug-likeness (QED) is 0.465. The zero-order valence-electron chi connectivity index (χ0n) is 11.1. The monoisotopic (exact) mass is 289 g/mol. The molecule has 0 radical (unpaired) electrons. The van der Waals surface area contributed by atoms with E-state index >= 15 is 0 Å². The summed E-state index contributed by atoms with van der Waals surface area (Å²) < 4.78 is 4.60. The number of esters is 1. The number of hydrogen-bond acceptors (Lipinski definition) is 6. The Morgan fingerprint density at radius 1 is 1.57 bits per heavy atom. The van der Waals surface area contributed by atoms with E-state index in [2.05, 4.69) is 4.74 Å². The molecule has 1 aromatic rings. The van der Waals surface area contributed by atoms with Crippen LogP contribution in [0.1, 0.15) is 12.0 Å². The van der Waals surface area contributed by atoms with Crippen molar-refractivity contribution < 1.29 is 19.2 Å². The smallest absolute Gasteiger partial charge is 0.311 e. The molecule has 1 amide bonds. The van der Waals surface area contributed by atoms with Gasteiger partial charge in [0.05, 0.1) is 29.2 Å². The summed E-state index contributed by atoms with van der Waals surface area (Å²) in [5, 5.41) is 19.8. The molecule has 0 N–H and O–H groups in total. The number of carbonyl (C=O) groups is 2. The van der Waals surface area contributed by atoms with Crippen molar-refractivity contribution in [3.05, 3.63) is 33.9 Å². The van der Waals surface area contributed by atoms with Crippen molar-refractivity contribution in [2.45, 2.75) is 6.42 Å². The van der Waals surface area contributed by atoms with E-state index in [1.54, 1.807) is 0 Å². The molecule has 1 aliphatic heterocycles. The van der Waals surface area contributed by atoms with Crippen molar-refractivity contribution in [3.63, 3.8) is 0 Å². The van der Waals surface area contributed by atoms with Crippen molar-refractivity contribution in [3.8, 4) is 6.07 Å². The summed E-state index contributed by atoms with van der Waals surface area (Å²) in [5.41, 5.74) is 0.0500. The largest absolute Gasteiger partial charge is 0.469 e. The van der Waals surface area contributed by atoms with Crippen LogP contribution in [-0.4, -0.2) is 30.5 Å². The average molecular weight is 289 g/mol. The van der Waals surface area contributed by atoms with Crippen LogP contribution in [0.2, 0.25) is 0 Å². The van der Waals surface area contributed by atoms with Crippen LogP contribution in [0.3, 0.4) is 0 Å². The van der Waals surface area contributed by atoms with E-state index in [4.69, 9.17) is 5.26 Å². The molecule has 21 heavy (non-hydrogen) atoms. The van der Waals surface area contributed by atoms with Gasteiger partial charge in [-0.05, 0) is 6.07 Å². The molecule has 0 spiro atoms. The molecular formula is C13H11N3O5. The number of anilines is 1. The summed E-state index contributed by atoms with van der Waals surface area (Å²) in [7, 11) is 1.24. The van der Waals surface area contributed by atoms with E-state index in [0.717, 1.165) is 6.07 Å². The van der Waals surface area contributed by atoms with Crippen molar-refractivity contribution in [1.29, 1.82) is 5.26 Å². The Hall–Kier alpha value is -2.95. The molecule has 1 saturated heterocycles. The van der Waals surface area contributed by atoms with Crippen molar-refractivity contribution in [2.75, 3.05) is 18.6 Å². The van der Waals surface area contributed by atoms with Crippen LogP contribution in [-0.2, 0) is 14.3 Å². The Labute approximate surface area is 119 Å². The van der Waals surface area contributed by atoms with Gasteiger partial charge >= 0.3 is 5.97 Å². The molecule has 1 aliphatic rings. The second kappa shape index (κ2) is 5.58. The van der Waals surface area contributed by atoms with Crippen LogP contribution in [0.5, 0.6) is 0 Å². The molecule has 1 fully saturated rings. The predicted octanol–water partition coefficient (Wildman–Crippen LogP) is 0.992. The van der Waals surface area contributed by atoms with Crippen molar-refractivity contribution in [1.82, 2.24) is 0 Å². The maximum atomic E-state index is 12.0. The van der Waals surface area contributed by atoms with Crippen LogP contribution < -0.4 is 4.90 Å². The third-order valence-corrected chi connectivity index (χ3v) is 3.26. The number of ether oxygens (including phenoxy) is 1. The fraction of sp³-hybridized carbons (Fsp3) is 0.308. The summed E-state index contributed by atoms with van der Waals surface area (Å²) in [4.78, 5) is 34.8. The number of nitrogens with zero attached hydrogens (tertiary/aromatic N) is 3. The zero-order chi connectivity index (χ0) is 15.6. The van der Waals surface area contributed by atoms with E-state index in [-0.39, 0.29) is 35.8 Å². The Morgan fingerprint density at radius 2 is 2.29 bits per heavy atom. The molecule has 8 heteroatoms. The van der Waals surface area contributed by atoms with Gasteiger partial charge in [-0.1, -0.05) is 0 Å². The zero-order valence-corrected chi connectivity index (χ0v) is 11.1. The first-order chi connectivity index (χ1) is 9.97. The van der Waals surface area contributed by atoms with Crippen LogP contribution in [0.15, 0.2) is 18.2 Å². The van der Waals surface area contributed by atoms with Crippen LogP contribution >= 0.6 is 0 Å². The predicted molar refractivity (Wildman–Crippen MR) is 70.3 cm³/mol. The number of amides is 1. The van der Waals surface area contributed by atoms with Gasteiger partial charge in [-0.25, -0.2) is 0 Å². The van der Waals surface area contributed by atoms with E-state index in [0.29, 0.717) is 0 Å². The molecule has 108 valence electrons. The SMILES string of the molecule is COC(=O)C1CC(=O)N(c2ccc([N+](=O)[O-])cc2C#N)C1. The lowest BCUT2D eigenvalue weighted by molar-refractivity contribution is -0.384. The molecule has 8 nitrogen and oxygen atoms in total. The fourth-order valence-corrected chi connectivity index (χ4v) is 2.23. The van der Waals surface area contributed by atoms with Crippen LogP contribution in [0, 0.1) is 27.4 Å². The Bertz CT molecular complexity index is 664. The molecule has 1 heterocycles. The lowest BCUT2D eigenvalue weighted by atomic mass is 10.1. The molecule has 0 saturated carbocycles. The van der Waals surface area contributed by atoms with Gasteiger partial charge in [-0.15, -0.1) is 0 Å². The number of non-ortho nitro benzene ring substituents is 1. The molecule has 0 aliphatic carbocycles. The topological polar surface area (TPSA) is 114 Å². The highest BCUT2D eigenvalue weighted by Gasteiger charge is 2.36. The highest BCUT2D eigenvalue weighted by atomic mass is 16.6. The molecule has 1 unspecified atom stereocenters. The maximum Gasteiger partial charge on any atom is 0.311 e. The van der Waals surface area contributed by atoms with Gasteiger partial charge in [-0.2, -0.15) is 5.26 Å². The summed E-state index contributed by atoms with van der Waals surface area (Å²) >= 11 is 0. The molecule has 1 atom stereocenters. The lowest BCUT2D eigenvalue weighted by Crippen LogP contribution is -2.26. The van der Waals surface area contributed by atoms with Gasteiger partial charge in [0, 0.05) is 25.1 Å². The number of hydrogen-bond donors (Lipinski definition) is 0. The number of methoxy groups -OCH3 is 1. The third kappa shape index (κ3) is 2.67. The van der Waals surface area contributed by atoms with E-state index in [1.165, 1.54) is 24.1 Å². The van der Waals surface area contributed by atoms with Gasteiger partial charge in [0.15, 0.2) is 0 Å². The minimum Gasteiger partial charge on any atom is -0.469 e. The van der Waals surface area contributed by atoms with Crippen LogP contribution in [0.4, 0.5) is 11.4 Å². The first-order valence-corrected chi connectivity index (χ1v) is 6.04. The summed E-state index contributed by atoms with van der Waals surface area (Å²) in [6.07, 6.45) is -0.00543. The number of nitro benzene ring substituents is 1. The number of rotatable bonds is 3. The average Bonchev–Trinajstić information content (AvgIpc) is 2.87. The van der Waals surface area contributed by atoms with Gasteiger partial charge in [0.2, 0.25) is 5.91 Å². The molecule has 0 bridgehead atoms. The number of nitro groups is 1.